The fourth-order valence-corrected chi connectivity index (χ4v) is 2.12. The van der Waals surface area contributed by atoms with Gasteiger partial charge in [-0.1, -0.05) is 12.1 Å². The molecule has 0 bridgehead atoms. The van der Waals surface area contributed by atoms with E-state index in [2.05, 4.69) is 4.98 Å². The number of ether oxygens (including phenoxy) is 1. The Morgan fingerprint density at radius 3 is 3.00 bits per heavy atom. The maximum atomic E-state index is 12.1. The zero-order valence-corrected chi connectivity index (χ0v) is 11.6. The van der Waals surface area contributed by atoms with E-state index in [-0.39, 0.29) is 5.78 Å². The Hall–Kier alpha value is -2.75. The SMILES string of the molecule is CCOc1cccc2cc(C(=O)/C=C/c3ccc[nH]3)oc12. The average Bonchev–Trinajstić information content (AvgIpc) is 3.14. The van der Waals surface area contributed by atoms with E-state index >= 15 is 0 Å². The van der Waals surface area contributed by atoms with Crippen molar-refractivity contribution in [1.29, 1.82) is 0 Å². The predicted molar refractivity (Wildman–Crippen MR) is 81.5 cm³/mol. The van der Waals surface area contributed by atoms with Gasteiger partial charge in [0, 0.05) is 17.3 Å². The van der Waals surface area contributed by atoms with Crippen molar-refractivity contribution in [2.45, 2.75) is 6.92 Å². The molecule has 3 rings (SSSR count). The van der Waals surface area contributed by atoms with Gasteiger partial charge in [-0.3, -0.25) is 4.79 Å². The molecule has 4 heteroatoms. The van der Waals surface area contributed by atoms with E-state index in [0.717, 1.165) is 11.1 Å². The molecule has 0 amide bonds. The fourth-order valence-electron chi connectivity index (χ4n) is 2.12. The Balaban J connectivity index is 1.90. The molecule has 0 atom stereocenters. The van der Waals surface area contributed by atoms with Crippen LogP contribution >= 0.6 is 0 Å². The number of hydrogen-bond acceptors (Lipinski definition) is 3. The van der Waals surface area contributed by atoms with Gasteiger partial charge in [-0.05, 0) is 43.3 Å². The summed E-state index contributed by atoms with van der Waals surface area (Å²) in [5.41, 5.74) is 1.48. The van der Waals surface area contributed by atoms with Gasteiger partial charge in [-0.2, -0.15) is 0 Å². The lowest BCUT2D eigenvalue weighted by molar-refractivity contribution is 0.102. The number of carbonyl (C=O) groups is 1. The van der Waals surface area contributed by atoms with E-state index in [1.807, 2.05) is 37.3 Å². The molecule has 106 valence electrons. The number of H-pyrrole nitrogens is 1. The number of aromatic amines is 1. The molecule has 2 heterocycles. The lowest BCUT2D eigenvalue weighted by atomic mass is 10.2. The molecule has 1 aromatic carbocycles. The third-order valence-electron chi connectivity index (χ3n) is 3.09. The van der Waals surface area contributed by atoms with E-state index in [9.17, 15) is 4.79 Å². The van der Waals surface area contributed by atoms with Crippen LogP contribution in [0.15, 0.2) is 53.1 Å². The summed E-state index contributed by atoms with van der Waals surface area (Å²) in [4.78, 5) is 15.2. The molecule has 0 aliphatic carbocycles. The van der Waals surface area contributed by atoms with Crippen molar-refractivity contribution >= 4 is 22.8 Å². The number of aromatic nitrogens is 1. The highest BCUT2D eigenvalue weighted by Gasteiger charge is 2.12. The highest BCUT2D eigenvalue weighted by Crippen LogP contribution is 2.29. The van der Waals surface area contributed by atoms with Gasteiger partial charge in [-0.15, -0.1) is 0 Å². The molecule has 0 radical (unpaired) electrons. The van der Waals surface area contributed by atoms with Crippen LogP contribution in [0.25, 0.3) is 17.0 Å². The molecule has 0 unspecified atom stereocenters. The third-order valence-corrected chi connectivity index (χ3v) is 3.09. The molecule has 2 aromatic heterocycles. The average molecular weight is 281 g/mol. The number of benzene rings is 1. The maximum Gasteiger partial charge on any atom is 0.221 e. The van der Waals surface area contributed by atoms with E-state index < -0.39 is 0 Å². The van der Waals surface area contributed by atoms with Crippen LogP contribution in [0.1, 0.15) is 23.2 Å². The van der Waals surface area contributed by atoms with Crippen molar-refractivity contribution < 1.29 is 13.9 Å². The molecular formula is C17H15NO3. The first-order valence-electron chi connectivity index (χ1n) is 6.79. The molecule has 0 aliphatic heterocycles. The molecule has 0 aliphatic rings. The number of carbonyl (C=O) groups excluding carboxylic acids is 1. The van der Waals surface area contributed by atoms with Crippen LogP contribution in [0.3, 0.4) is 0 Å². The maximum absolute atomic E-state index is 12.1. The Bertz CT molecular complexity index is 782. The van der Waals surface area contributed by atoms with Gasteiger partial charge in [0.15, 0.2) is 17.1 Å². The Morgan fingerprint density at radius 2 is 2.24 bits per heavy atom. The van der Waals surface area contributed by atoms with Crippen LogP contribution < -0.4 is 4.74 Å². The predicted octanol–water partition coefficient (Wildman–Crippen LogP) is 4.06. The van der Waals surface area contributed by atoms with E-state index in [4.69, 9.17) is 9.15 Å². The van der Waals surface area contributed by atoms with Crippen molar-refractivity contribution in [2.24, 2.45) is 0 Å². The zero-order valence-electron chi connectivity index (χ0n) is 11.6. The fraction of sp³-hybridized carbons (Fsp3) is 0.118. The minimum Gasteiger partial charge on any atom is -0.490 e. The van der Waals surface area contributed by atoms with Crippen LogP contribution in [0, 0.1) is 0 Å². The minimum atomic E-state index is -0.178. The molecule has 4 nitrogen and oxygen atoms in total. The molecule has 21 heavy (non-hydrogen) atoms. The Labute approximate surface area is 122 Å². The zero-order chi connectivity index (χ0) is 14.7. The standard InChI is InChI=1S/C17H15NO3/c1-2-20-15-7-3-5-12-11-16(21-17(12)15)14(19)9-8-13-6-4-10-18-13/h3-11,18H,2H2,1H3/b9-8+. The topological polar surface area (TPSA) is 55.2 Å². The number of hydrogen-bond donors (Lipinski definition) is 1. The summed E-state index contributed by atoms with van der Waals surface area (Å²) < 4.78 is 11.2. The number of furan rings is 1. The minimum absolute atomic E-state index is 0.178. The smallest absolute Gasteiger partial charge is 0.221 e. The Morgan fingerprint density at radius 1 is 1.33 bits per heavy atom. The second kappa shape index (κ2) is 5.71. The quantitative estimate of drug-likeness (QED) is 0.567. The second-order valence-electron chi connectivity index (χ2n) is 4.54. The van der Waals surface area contributed by atoms with Crippen LogP contribution in [-0.4, -0.2) is 17.4 Å². The highest BCUT2D eigenvalue weighted by atomic mass is 16.5. The molecule has 0 spiro atoms. The van der Waals surface area contributed by atoms with Gasteiger partial charge in [-0.25, -0.2) is 0 Å². The number of fused-ring (bicyclic) bond motifs is 1. The van der Waals surface area contributed by atoms with Crippen molar-refractivity contribution in [2.75, 3.05) is 6.61 Å². The number of ketones is 1. The van der Waals surface area contributed by atoms with Crippen molar-refractivity contribution in [3.63, 3.8) is 0 Å². The Kier molecular flexibility index (Phi) is 3.60. The summed E-state index contributed by atoms with van der Waals surface area (Å²) >= 11 is 0. The summed E-state index contributed by atoms with van der Waals surface area (Å²) in [7, 11) is 0. The van der Waals surface area contributed by atoms with Gasteiger partial charge in [0.25, 0.3) is 0 Å². The van der Waals surface area contributed by atoms with Crippen LogP contribution in [0.4, 0.5) is 0 Å². The van der Waals surface area contributed by atoms with E-state index in [1.54, 1.807) is 18.3 Å². The van der Waals surface area contributed by atoms with Gasteiger partial charge in [0.1, 0.15) is 0 Å². The first-order valence-corrected chi connectivity index (χ1v) is 6.79. The monoisotopic (exact) mass is 281 g/mol. The number of nitrogens with one attached hydrogen (secondary N) is 1. The summed E-state index contributed by atoms with van der Waals surface area (Å²) in [6.45, 7) is 2.46. The summed E-state index contributed by atoms with van der Waals surface area (Å²) in [6.07, 6.45) is 5.02. The molecule has 0 saturated carbocycles. The highest BCUT2D eigenvalue weighted by molar-refractivity contribution is 6.07. The van der Waals surface area contributed by atoms with E-state index in [1.165, 1.54) is 6.08 Å². The first kappa shape index (κ1) is 13.2. The largest absolute Gasteiger partial charge is 0.490 e. The molecule has 3 aromatic rings. The molecule has 0 saturated heterocycles. The van der Waals surface area contributed by atoms with Crippen molar-refractivity contribution in [3.8, 4) is 5.75 Å². The lowest BCUT2D eigenvalue weighted by Crippen LogP contribution is -1.91. The lowest BCUT2D eigenvalue weighted by Gasteiger charge is -2.01. The molecule has 1 N–H and O–H groups in total. The van der Waals surface area contributed by atoms with Gasteiger partial charge < -0.3 is 14.1 Å². The van der Waals surface area contributed by atoms with Crippen molar-refractivity contribution in [1.82, 2.24) is 4.98 Å². The van der Waals surface area contributed by atoms with Gasteiger partial charge in [0.05, 0.1) is 6.61 Å². The van der Waals surface area contributed by atoms with Crippen LogP contribution in [0.5, 0.6) is 5.75 Å². The summed E-state index contributed by atoms with van der Waals surface area (Å²) in [5.74, 6) is 0.783. The number of allylic oxidation sites excluding steroid dienone is 1. The number of rotatable bonds is 5. The summed E-state index contributed by atoms with van der Waals surface area (Å²) in [5, 5.41) is 0.859. The molecule has 0 fully saturated rings. The van der Waals surface area contributed by atoms with Gasteiger partial charge in [0.2, 0.25) is 5.78 Å². The van der Waals surface area contributed by atoms with Gasteiger partial charge >= 0.3 is 0 Å². The normalized spacial score (nSPS) is 11.3. The second-order valence-corrected chi connectivity index (χ2v) is 4.54. The number of para-hydroxylation sites is 1. The molecular weight excluding hydrogens is 266 g/mol. The third kappa shape index (κ3) is 2.74. The first-order chi connectivity index (χ1) is 10.3. The summed E-state index contributed by atoms with van der Waals surface area (Å²) in [6, 6.07) is 11.1. The van der Waals surface area contributed by atoms with E-state index in [0.29, 0.717) is 23.7 Å². The van der Waals surface area contributed by atoms with Crippen LogP contribution in [-0.2, 0) is 0 Å². The van der Waals surface area contributed by atoms with Crippen LogP contribution in [0.2, 0.25) is 0 Å². The van der Waals surface area contributed by atoms with Crippen molar-refractivity contribution in [3.05, 3.63) is 60.1 Å².